The van der Waals surface area contributed by atoms with Crippen LogP contribution in [0.4, 0.5) is 4.39 Å². The molecule has 2 heterocycles. The molecule has 0 saturated heterocycles. The first kappa shape index (κ1) is 19.4. The van der Waals surface area contributed by atoms with E-state index >= 15 is 0 Å². The molecule has 1 N–H and O–H groups in total. The third-order valence-electron chi connectivity index (χ3n) is 4.69. The van der Waals surface area contributed by atoms with Crippen LogP contribution in [0.15, 0.2) is 71.5 Å². The topological polar surface area (TPSA) is 82.2 Å². The Hall–Kier alpha value is -3.94. The number of aryl methyl sites for hydroxylation is 1. The van der Waals surface area contributed by atoms with Gasteiger partial charge in [0.2, 0.25) is 0 Å². The van der Waals surface area contributed by atoms with Gasteiger partial charge in [-0.3, -0.25) is 4.79 Å². The van der Waals surface area contributed by atoms with Gasteiger partial charge in [-0.15, -0.1) is 0 Å². The van der Waals surface area contributed by atoms with E-state index in [1.165, 1.54) is 18.2 Å². The maximum Gasteiger partial charge on any atom is 0.274 e. The van der Waals surface area contributed by atoms with Gasteiger partial charge in [0.1, 0.15) is 23.4 Å². The van der Waals surface area contributed by atoms with Gasteiger partial charge in [0, 0.05) is 31.1 Å². The third-order valence-corrected chi connectivity index (χ3v) is 4.69. The van der Waals surface area contributed by atoms with Crippen LogP contribution in [0.5, 0.6) is 5.75 Å². The van der Waals surface area contributed by atoms with Crippen molar-refractivity contribution in [1.29, 1.82) is 0 Å². The van der Waals surface area contributed by atoms with Crippen LogP contribution in [0, 0.1) is 5.82 Å². The van der Waals surface area contributed by atoms with E-state index < -0.39 is 11.9 Å². The zero-order chi connectivity index (χ0) is 21.1. The lowest BCUT2D eigenvalue weighted by atomic mass is 10.1. The molecule has 1 amide bonds. The summed E-state index contributed by atoms with van der Waals surface area (Å²) in [5.74, 6) is 0.908. The molecule has 0 fully saturated rings. The van der Waals surface area contributed by atoms with Crippen molar-refractivity contribution in [2.75, 3.05) is 7.11 Å². The van der Waals surface area contributed by atoms with E-state index in [4.69, 9.17) is 9.26 Å². The van der Waals surface area contributed by atoms with E-state index in [-0.39, 0.29) is 11.5 Å². The quantitative estimate of drug-likeness (QED) is 0.527. The molecule has 2 aromatic carbocycles. The van der Waals surface area contributed by atoms with Crippen molar-refractivity contribution in [3.05, 3.63) is 89.9 Å². The molecule has 2 aromatic heterocycles. The number of hydrogen-bond acceptors (Lipinski definition) is 5. The Labute approximate surface area is 172 Å². The van der Waals surface area contributed by atoms with E-state index in [1.807, 2.05) is 35.9 Å². The number of amides is 1. The number of halogens is 1. The number of ether oxygens (including phenoxy) is 1. The summed E-state index contributed by atoms with van der Waals surface area (Å²) in [7, 11) is 3.43. The predicted octanol–water partition coefficient (Wildman–Crippen LogP) is 3.74. The monoisotopic (exact) mass is 406 g/mol. The van der Waals surface area contributed by atoms with Crippen LogP contribution >= 0.6 is 0 Å². The average Bonchev–Trinajstić information content (AvgIpc) is 3.42. The van der Waals surface area contributed by atoms with Gasteiger partial charge in [0.05, 0.1) is 7.11 Å². The molecule has 0 saturated carbocycles. The third kappa shape index (κ3) is 3.93. The van der Waals surface area contributed by atoms with Crippen LogP contribution in [0.2, 0.25) is 0 Å². The number of benzene rings is 2. The molecule has 0 bridgehead atoms. The number of imidazole rings is 1. The highest BCUT2D eigenvalue weighted by atomic mass is 19.1. The predicted molar refractivity (Wildman–Crippen MR) is 107 cm³/mol. The van der Waals surface area contributed by atoms with Gasteiger partial charge in [-0.1, -0.05) is 17.3 Å². The first-order chi connectivity index (χ1) is 14.5. The summed E-state index contributed by atoms with van der Waals surface area (Å²) >= 11 is 0. The first-order valence-electron chi connectivity index (χ1n) is 9.20. The van der Waals surface area contributed by atoms with Crippen molar-refractivity contribution in [1.82, 2.24) is 20.0 Å². The summed E-state index contributed by atoms with van der Waals surface area (Å²) in [6.45, 7) is 0. The van der Waals surface area contributed by atoms with Crippen LogP contribution in [-0.2, 0) is 7.05 Å². The minimum Gasteiger partial charge on any atom is -0.497 e. The smallest absolute Gasteiger partial charge is 0.274 e. The largest absolute Gasteiger partial charge is 0.497 e. The number of carbonyl (C=O) groups excluding carboxylic acids is 1. The molecule has 0 radical (unpaired) electrons. The standard InChI is InChI=1S/C22H19FN4O3/c1-27-11-10-24-21(27)20(15-4-3-5-17(12-15)29-2)25-22(28)18-13-19(30-26-18)14-6-8-16(23)9-7-14/h3-13,20H,1-2H3,(H,25,28)/t20-/m1/s1. The average molecular weight is 406 g/mol. The molecular weight excluding hydrogens is 387 g/mol. The number of nitrogens with zero attached hydrogens (tertiary/aromatic N) is 3. The second-order valence-corrected chi connectivity index (χ2v) is 6.66. The van der Waals surface area contributed by atoms with Crippen LogP contribution < -0.4 is 10.1 Å². The van der Waals surface area contributed by atoms with E-state index in [0.717, 1.165) is 5.56 Å². The highest BCUT2D eigenvalue weighted by Crippen LogP contribution is 2.25. The molecule has 0 aliphatic rings. The lowest BCUT2D eigenvalue weighted by Gasteiger charge is -2.19. The normalized spacial score (nSPS) is 11.8. The van der Waals surface area contributed by atoms with Crippen LogP contribution in [-0.4, -0.2) is 27.7 Å². The molecule has 30 heavy (non-hydrogen) atoms. The molecule has 4 rings (SSSR count). The summed E-state index contributed by atoms with van der Waals surface area (Å²) in [5.41, 5.74) is 1.53. The number of methoxy groups -OCH3 is 1. The fourth-order valence-electron chi connectivity index (χ4n) is 3.11. The van der Waals surface area contributed by atoms with E-state index in [1.54, 1.807) is 31.6 Å². The van der Waals surface area contributed by atoms with Gasteiger partial charge in [0.25, 0.3) is 5.91 Å². The fourth-order valence-corrected chi connectivity index (χ4v) is 3.11. The maximum atomic E-state index is 13.1. The molecule has 4 aromatic rings. The van der Waals surface area contributed by atoms with Gasteiger partial charge in [-0.25, -0.2) is 9.37 Å². The van der Waals surface area contributed by atoms with Crippen molar-refractivity contribution in [3.63, 3.8) is 0 Å². The van der Waals surface area contributed by atoms with Crippen LogP contribution in [0.25, 0.3) is 11.3 Å². The second-order valence-electron chi connectivity index (χ2n) is 6.66. The number of rotatable bonds is 6. The molecule has 0 spiro atoms. The van der Waals surface area contributed by atoms with E-state index in [0.29, 0.717) is 22.9 Å². The lowest BCUT2D eigenvalue weighted by molar-refractivity contribution is 0.0932. The minimum absolute atomic E-state index is 0.108. The van der Waals surface area contributed by atoms with Crippen molar-refractivity contribution in [2.45, 2.75) is 6.04 Å². The Morgan fingerprint density at radius 2 is 2.00 bits per heavy atom. The van der Waals surface area contributed by atoms with Crippen LogP contribution in [0.3, 0.4) is 0 Å². The van der Waals surface area contributed by atoms with Crippen molar-refractivity contribution >= 4 is 5.91 Å². The highest BCUT2D eigenvalue weighted by molar-refractivity contribution is 5.93. The number of hydrogen-bond donors (Lipinski definition) is 1. The number of carbonyl (C=O) groups is 1. The summed E-state index contributed by atoms with van der Waals surface area (Å²) < 4.78 is 25.5. The van der Waals surface area contributed by atoms with E-state index in [2.05, 4.69) is 15.5 Å². The summed E-state index contributed by atoms with van der Waals surface area (Å²) in [4.78, 5) is 17.3. The van der Waals surface area contributed by atoms with E-state index in [9.17, 15) is 9.18 Å². The molecule has 1 atom stereocenters. The zero-order valence-corrected chi connectivity index (χ0v) is 16.4. The summed E-state index contributed by atoms with van der Waals surface area (Å²) in [6, 6.07) is 14.1. The Kier molecular flexibility index (Phi) is 5.30. The molecule has 8 heteroatoms. The van der Waals surface area contributed by atoms with Gasteiger partial charge >= 0.3 is 0 Å². The maximum absolute atomic E-state index is 13.1. The van der Waals surface area contributed by atoms with Gasteiger partial charge in [-0.2, -0.15) is 0 Å². The second kappa shape index (κ2) is 8.20. The fraction of sp³-hybridized carbons (Fsp3) is 0.136. The molecular formula is C22H19FN4O3. The number of nitrogens with one attached hydrogen (secondary N) is 1. The summed E-state index contributed by atoms with van der Waals surface area (Å²) in [6.07, 6.45) is 3.47. The molecule has 7 nitrogen and oxygen atoms in total. The SMILES string of the molecule is COc1cccc([C@@H](NC(=O)c2cc(-c3ccc(F)cc3)on2)c2nccn2C)c1. The first-order valence-corrected chi connectivity index (χ1v) is 9.20. The Morgan fingerprint density at radius 3 is 2.70 bits per heavy atom. The van der Waals surface area contributed by atoms with Gasteiger partial charge < -0.3 is 19.1 Å². The minimum atomic E-state index is -0.529. The van der Waals surface area contributed by atoms with Crippen molar-refractivity contribution < 1.29 is 18.4 Å². The molecule has 152 valence electrons. The lowest BCUT2D eigenvalue weighted by Crippen LogP contribution is -2.31. The zero-order valence-electron chi connectivity index (χ0n) is 16.4. The van der Waals surface area contributed by atoms with Crippen molar-refractivity contribution in [3.8, 4) is 17.1 Å². The van der Waals surface area contributed by atoms with Gasteiger partial charge in [0.15, 0.2) is 11.5 Å². The molecule has 0 aliphatic heterocycles. The molecule has 0 aliphatic carbocycles. The molecule has 0 unspecified atom stereocenters. The number of aromatic nitrogens is 3. The Balaban J connectivity index is 1.62. The van der Waals surface area contributed by atoms with Gasteiger partial charge in [-0.05, 0) is 42.0 Å². The van der Waals surface area contributed by atoms with Crippen LogP contribution in [0.1, 0.15) is 27.9 Å². The Morgan fingerprint density at radius 1 is 1.20 bits per heavy atom. The Bertz CT molecular complexity index is 1170. The summed E-state index contributed by atoms with van der Waals surface area (Å²) in [5, 5.41) is 6.82. The highest BCUT2D eigenvalue weighted by Gasteiger charge is 2.24. The van der Waals surface area contributed by atoms with Crippen molar-refractivity contribution in [2.24, 2.45) is 7.05 Å².